The van der Waals surface area contributed by atoms with Crippen LogP contribution in [0.15, 0.2) is 0 Å². The Kier molecular flexibility index (Phi) is 4.05. The van der Waals surface area contributed by atoms with Gasteiger partial charge in [-0.3, -0.25) is 10.1 Å². The van der Waals surface area contributed by atoms with E-state index in [1.165, 1.54) is 0 Å². The van der Waals surface area contributed by atoms with Gasteiger partial charge < -0.3 is 9.64 Å². The SMILES string of the molecule is CCCC1NC2(CC2)C(=O)N1CCCCOC. The number of amides is 1. The molecule has 0 aromatic rings. The smallest absolute Gasteiger partial charge is 0.244 e. The summed E-state index contributed by atoms with van der Waals surface area (Å²) >= 11 is 0. The van der Waals surface area contributed by atoms with E-state index in [2.05, 4.69) is 17.1 Å². The van der Waals surface area contributed by atoms with Gasteiger partial charge in [-0.2, -0.15) is 0 Å². The average Bonchev–Trinajstić information content (AvgIpc) is 3.04. The first-order chi connectivity index (χ1) is 8.23. The second-order valence-corrected chi connectivity index (χ2v) is 5.23. The average molecular weight is 240 g/mol. The number of carbonyl (C=O) groups is 1. The van der Waals surface area contributed by atoms with Gasteiger partial charge in [-0.1, -0.05) is 13.3 Å². The van der Waals surface area contributed by atoms with Gasteiger partial charge in [0, 0.05) is 20.3 Å². The van der Waals surface area contributed by atoms with Crippen molar-refractivity contribution in [3.05, 3.63) is 0 Å². The Balaban J connectivity index is 1.85. The van der Waals surface area contributed by atoms with Crippen molar-refractivity contribution in [1.29, 1.82) is 0 Å². The summed E-state index contributed by atoms with van der Waals surface area (Å²) in [6, 6.07) is 0. The third kappa shape index (κ3) is 2.63. The van der Waals surface area contributed by atoms with Crippen LogP contribution in [0.5, 0.6) is 0 Å². The number of hydrogen-bond donors (Lipinski definition) is 1. The van der Waals surface area contributed by atoms with E-state index >= 15 is 0 Å². The van der Waals surface area contributed by atoms with Crippen molar-refractivity contribution in [2.24, 2.45) is 0 Å². The molecule has 1 atom stereocenters. The van der Waals surface area contributed by atoms with Crippen molar-refractivity contribution in [2.45, 2.75) is 57.2 Å². The predicted molar refractivity (Wildman–Crippen MR) is 66.6 cm³/mol. The Morgan fingerprint density at radius 2 is 2.24 bits per heavy atom. The fourth-order valence-corrected chi connectivity index (χ4v) is 2.65. The summed E-state index contributed by atoms with van der Waals surface area (Å²) in [5, 5.41) is 3.53. The molecule has 1 unspecified atom stereocenters. The molecule has 1 amide bonds. The molecule has 1 saturated carbocycles. The lowest BCUT2D eigenvalue weighted by atomic mass is 10.2. The van der Waals surface area contributed by atoms with Gasteiger partial charge in [0.1, 0.15) is 0 Å². The Labute approximate surface area is 104 Å². The lowest BCUT2D eigenvalue weighted by Gasteiger charge is -2.23. The third-order valence-electron chi connectivity index (χ3n) is 3.80. The summed E-state index contributed by atoms with van der Waals surface area (Å²) in [7, 11) is 1.72. The van der Waals surface area contributed by atoms with E-state index in [9.17, 15) is 4.79 Å². The van der Waals surface area contributed by atoms with Gasteiger partial charge in [0.25, 0.3) is 0 Å². The number of methoxy groups -OCH3 is 1. The fourth-order valence-electron chi connectivity index (χ4n) is 2.65. The monoisotopic (exact) mass is 240 g/mol. The quantitative estimate of drug-likeness (QED) is 0.686. The van der Waals surface area contributed by atoms with E-state index < -0.39 is 0 Å². The van der Waals surface area contributed by atoms with Crippen LogP contribution in [-0.4, -0.2) is 42.8 Å². The van der Waals surface area contributed by atoms with Crippen LogP contribution in [0.1, 0.15) is 45.4 Å². The first-order valence-corrected chi connectivity index (χ1v) is 6.81. The maximum atomic E-state index is 12.3. The van der Waals surface area contributed by atoms with Crippen molar-refractivity contribution in [2.75, 3.05) is 20.3 Å². The highest BCUT2D eigenvalue weighted by Gasteiger charge is 2.58. The zero-order valence-corrected chi connectivity index (χ0v) is 11.0. The summed E-state index contributed by atoms with van der Waals surface area (Å²) in [5.41, 5.74) is -0.152. The molecule has 2 fully saturated rings. The molecule has 1 saturated heterocycles. The number of ether oxygens (including phenoxy) is 1. The van der Waals surface area contributed by atoms with Crippen LogP contribution in [0.3, 0.4) is 0 Å². The van der Waals surface area contributed by atoms with Gasteiger partial charge >= 0.3 is 0 Å². The molecule has 1 spiro atoms. The minimum absolute atomic E-state index is 0.152. The highest BCUT2D eigenvalue weighted by Crippen LogP contribution is 2.42. The molecule has 0 radical (unpaired) electrons. The molecule has 2 aliphatic rings. The summed E-state index contributed by atoms with van der Waals surface area (Å²) in [6.45, 7) is 3.84. The minimum Gasteiger partial charge on any atom is -0.385 e. The molecule has 2 rings (SSSR count). The van der Waals surface area contributed by atoms with E-state index in [1.807, 2.05) is 0 Å². The molecular formula is C13H24N2O2. The summed E-state index contributed by atoms with van der Waals surface area (Å²) < 4.78 is 5.04. The molecule has 1 heterocycles. The number of carbonyl (C=O) groups excluding carboxylic acids is 1. The third-order valence-corrected chi connectivity index (χ3v) is 3.80. The molecule has 1 aliphatic carbocycles. The summed E-state index contributed by atoms with van der Waals surface area (Å²) in [6.07, 6.45) is 6.59. The number of hydrogen-bond acceptors (Lipinski definition) is 3. The van der Waals surface area contributed by atoms with Crippen LogP contribution < -0.4 is 5.32 Å². The van der Waals surface area contributed by atoms with Crippen LogP contribution in [0, 0.1) is 0 Å². The standard InChI is InChI=1S/C13H24N2O2/c1-3-6-11-14-13(7-8-13)12(16)15(11)9-4-5-10-17-2/h11,14H,3-10H2,1-2H3. The van der Waals surface area contributed by atoms with E-state index in [0.29, 0.717) is 5.91 Å². The number of rotatable bonds is 7. The summed E-state index contributed by atoms with van der Waals surface area (Å²) in [4.78, 5) is 14.3. The minimum atomic E-state index is -0.152. The first kappa shape index (κ1) is 12.8. The van der Waals surface area contributed by atoms with Gasteiger partial charge in [-0.15, -0.1) is 0 Å². The van der Waals surface area contributed by atoms with Crippen molar-refractivity contribution >= 4 is 5.91 Å². The molecule has 1 aliphatic heterocycles. The van der Waals surface area contributed by atoms with Crippen LogP contribution in [0.2, 0.25) is 0 Å². The van der Waals surface area contributed by atoms with Gasteiger partial charge in [0.05, 0.1) is 11.7 Å². The summed E-state index contributed by atoms with van der Waals surface area (Å²) in [5.74, 6) is 0.341. The van der Waals surface area contributed by atoms with Crippen LogP contribution >= 0.6 is 0 Å². The maximum Gasteiger partial charge on any atom is 0.244 e. The second kappa shape index (κ2) is 5.36. The van der Waals surface area contributed by atoms with Gasteiger partial charge in [-0.05, 0) is 32.1 Å². The van der Waals surface area contributed by atoms with Crippen molar-refractivity contribution in [1.82, 2.24) is 10.2 Å². The highest BCUT2D eigenvalue weighted by atomic mass is 16.5. The molecular weight excluding hydrogens is 216 g/mol. The zero-order chi connectivity index (χ0) is 12.3. The number of nitrogens with zero attached hydrogens (tertiary/aromatic N) is 1. The van der Waals surface area contributed by atoms with E-state index in [4.69, 9.17) is 4.74 Å². The molecule has 98 valence electrons. The molecule has 0 aromatic carbocycles. The molecule has 1 N–H and O–H groups in total. The fraction of sp³-hybridized carbons (Fsp3) is 0.923. The molecule has 17 heavy (non-hydrogen) atoms. The Hall–Kier alpha value is -0.610. The zero-order valence-electron chi connectivity index (χ0n) is 11.0. The lowest BCUT2D eigenvalue weighted by molar-refractivity contribution is -0.130. The number of nitrogens with one attached hydrogen (secondary N) is 1. The van der Waals surface area contributed by atoms with E-state index in [0.717, 1.165) is 51.7 Å². The van der Waals surface area contributed by atoms with Crippen molar-refractivity contribution in [3.63, 3.8) is 0 Å². The highest BCUT2D eigenvalue weighted by molar-refractivity contribution is 5.91. The van der Waals surface area contributed by atoms with Crippen molar-refractivity contribution < 1.29 is 9.53 Å². The van der Waals surface area contributed by atoms with Crippen LogP contribution in [0.4, 0.5) is 0 Å². The largest absolute Gasteiger partial charge is 0.385 e. The maximum absolute atomic E-state index is 12.3. The van der Waals surface area contributed by atoms with E-state index in [1.54, 1.807) is 7.11 Å². The Morgan fingerprint density at radius 1 is 1.47 bits per heavy atom. The van der Waals surface area contributed by atoms with Crippen molar-refractivity contribution in [3.8, 4) is 0 Å². The Morgan fingerprint density at radius 3 is 2.82 bits per heavy atom. The molecule has 0 bridgehead atoms. The van der Waals surface area contributed by atoms with Crippen LogP contribution in [-0.2, 0) is 9.53 Å². The normalized spacial score (nSPS) is 25.9. The topological polar surface area (TPSA) is 41.6 Å². The van der Waals surface area contributed by atoms with Gasteiger partial charge in [0.15, 0.2) is 0 Å². The lowest BCUT2D eigenvalue weighted by Crippen LogP contribution is -2.38. The van der Waals surface area contributed by atoms with E-state index in [-0.39, 0.29) is 11.7 Å². The van der Waals surface area contributed by atoms with Gasteiger partial charge in [-0.25, -0.2) is 0 Å². The predicted octanol–water partition coefficient (Wildman–Crippen LogP) is 1.50. The molecule has 4 heteroatoms. The van der Waals surface area contributed by atoms with Crippen LogP contribution in [0.25, 0.3) is 0 Å². The molecule has 4 nitrogen and oxygen atoms in total. The molecule has 0 aromatic heterocycles. The second-order valence-electron chi connectivity index (χ2n) is 5.23. The van der Waals surface area contributed by atoms with Gasteiger partial charge in [0.2, 0.25) is 5.91 Å². The first-order valence-electron chi connectivity index (χ1n) is 6.81. The number of unbranched alkanes of at least 4 members (excludes halogenated alkanes) is 1. The Bertz CT molecular complexity index is 277.